The van der Waals surface area contributed by atoms with E-state index < -0.39 is 0 Å². The Morgan fingerprint density at radius 1 is 1.56 bits per heavy atom. The van der Waals surface area contributed by atoms with Gasteiger partial charge in [-0.15, -0.1) is 0 Å². The summed E-state index contributed by atoms with van der Waals surface area (Å²) < 4.78 is 6.60. The Hall–Kier alpha value is -1.32. The number of esters is 1. The highest BCUT2D eigenvalue weighted by atomic mass is 16.5. The molecule has 90 valence electrons. The van der Waals surface area contributed by atoms with Crippen LogP contribution in [0.25, 0.3) is 0 Å². The van der Waals surface area contributed by atoms with Crippen LogP contribution in [0.15, 0.2) is 6.07 Å². The molecular weight excluding hydrogens is 204 g/mol. The van der Waals surface area contributed by atoms with Crippen molar-refractivity contribution in [3.63, 3.8) is 0 Å². The number of rotatable bonds is 5. The van der Waals surface area contributed by atoms with Crippen molar-refractivity contribution < 1.29 is 9.53 Å². The van der Waals surface area contributed by atoms with Crippen molar-refractivity contribution in [1.82, 2.24) is 9.78 Å². The summed E-state index contributed by atoms with van der Waals surface area (Å²) in [6.07, 6.45) is 2.84. The third kappa shape index (κ3) is 2.84. The van der Waals surface area contributed by atoms with E-state index in [0.29, 0.717) is 0 Å². The van der Waals surface area contributed by atoms with E-state index in [1.807, 2.05) is 19.9 Å². The first-order valence-electron chi connectivity index (χ1n) is 5.70. The SMILES string of the molecule is CCCCC(C(=O)OC)n1nc(C)cc1C. The van der Waals surface area contributed by atoms with Gasteiger partial charge in [-0.05, 0) is 26.3 Å². The number of hydrogen-bond donors (Lipinski definition) is 0. The van der Waals surface area contributed by atoms with E-state index in [1.165, 1.54) is 7.11 Å². The molecule has 0 aliphatic heterocycles. The smallest absolute Gasteiger partial charge is 0.330 e. The topological polar surface area (TPSA) is 44.1 Å². The molecule has 4 heteroatoms. The summed E-state index contributed by atoms with van der Waals surface area (Å²) in [6.45, 7) is 6.00. The molecule has 0 amide bonds. The van der Waals surface area contributed by atoms with Gasteiger partial charge in [0.25, 0.3) is 0 Å². The second-order valence-corrected chi connectivity index (χ2v) is 4.05. The third-order valence-corrected chi connectivity index (χ3v) is 2.64. The zero-order valence-corrected chi connectivity index (χ0v) is 10.5. The van der Waals surface area contributed by atoms with Crippen molar-refractivity contribution in [3.8, 4) is 0 Å². The minimum absolute atomic E-state index is 0.209. The zero-order valence-electron chi connectivity index (χ0n) is 10.5. The van der Waals surface area contributed by atoms with Crippen LogP contribution in [0.5, 0.6) is 0 Å². The van der Waals surface area contributed by atoms with E-state index >= 15 is 0 Å². The minimum atomic E-state index is -0.279. The van der Waals surface area contributed by atoms with Crippen LogP contribution >= 0.6 is 0 Å². The van der Waals surface area contributed by atoms with Gasteiger partial charge in [0, 0.05) is 5.69 Å². The van der Waals surface area contributed by atoms with E-state index in [4.69, 9.17) is 4.74 Å². The summed E-state index contributed by atoms with van der Waals surface area (Å²) in [7, 11) is 1.42. The Kier molecular flexibility index (Phi) is 4.52. The molecule has 0 spiro atoms. The molecule has 0 aliphatic carbocycles. The molecule has 0 bridgehead atoms. The summed E-state index contributed by atoms with van der Waals surface area (Å²) in [5.41, 5.74) is 1.94. The van der Waals surface area contributed by atoms with Gasteiger partial charge in [-0.3, -0.25) is 4.68 Å². The Bertz CT molecular complexity index is 358. The van der Waals surface area contributed by atoms with E-state index in [9.17, 15) is 4.79 Å². The first-order valence-corrected chi connectivity index (χ1v) is 5.70. The van der Waals surface area contributed by atoms with Gasteiger partial charge in [0.05, 0.1) is 12.8 Å². The Morgan fingerprint density at radius 2 is 2.25 bits per heavy atom. The predicted molar refractivity (Wildman–Crippen MR) is 62.3 cm³/mol. The van der Waals surface area contributed by atoms with E-state index in [1.54, 1.807) is 4.68 Å². The fourth-order valence-electron chi connectivity index (χ4n) is 1.84. The maximum absolute atomic E-state index is 11.7. The van der Waals surface area contributed by atoms with Gasteiger partial charge in [-0.25, -0.2) is 4.79 Å². The summed E-state index contributed by atoms with van der Waals surface area (Å²) in [6, 6.07) is 1.70. The number of ether oxygens (including phenoxy) is 1. The fraction of sp³-hybridized carbons (Fsp3) is 0.667. The number of carbonyl (C=O) groups is 1. The molecule has 4 nitrogen and oxygen atoms in total. The second-order valence-electron chi connectivity index (χ2n) is 4.05. The second kappa shape index (κ2) is 5.68. The summed E-state index contributed by atoms with van der Waals surface area (Å²) in [4.78, 5) is 11.7. The Labute approximate surface area is 96.6 Å². The molecule has 1 aromatic heterocycles. The van der Waals surface area contributed by atoms with Crippen LogP contribution in [0.4, 0.5) is 0 Å². The minimum Gasteiger partial charge on any atom is -0.467 e. The van der Waals surface area contributed by atoms with Crippen LogP contribution in [0.2, 0.25) is 0 Å². The molecule has 0 N–H and O–H groups in total. The van der Waals surface area contributed by atoms with E-state index in [2.05, 4.69) is 12.0 Å². The zero-order chi connectivity index (χ0) is 12.1. The average Bonchev–Trinajstić information content (AvgIpc) is 2.58. The lowest BCUT2D eigenvalue weighted by Gasteiger charge is -2.16. The number of hydrogen-bond acceptors (Lipinski definition) is 3. The normalized spacial score (nSPS) is 12.5. The molecule has 16 heavy (non-hydrogen) atoms. The number of methoxy groups -OCH3 is 1. The van der Waals surface area contributed by atoms with Crippen molar-refractivity contribution >= 4 is 5.97 Å². The fourth-order valence-corrected chi connectivity index (χ4v) is 1.84. The van der Waals surface area contributed by atoms with Crippen molar-refractivity contribution in [2.75, 3.05) is 7.11 Å². The largest absolute Gasteiger partial charge is 0.467 e. The van der Waals surface area contributed by atoms with Crippen LogP contribution < -0.4 is 0 Å². The van der Waals surface area contributed by atoms with Gasteiger partial charge in [0.1, 0.15) is 6.04 Å². The van der Waals surface area contributed by atoms with Crippen LogP contribution in [0.3, 0.4) is 0 Å². The Morgan fingerprint density at radius 3 is 2.69 bits per heavy atom. The molecular formula is C12H20N2O2. The number of aryl methyl sites for hydroxylation is 2. The molecule has 1 rings (SSSR count). The standard InChI is InChI=1S/C12H20N2O2/c1-5-6-7-11(12(15)16-4)14-10(3)8-9(2)13-14/h8,11H,5-7H2,1-4H3. The van der Waals surface area contributed by atoms with Crippen LogP contribution in [-0.4, -0.2) is 22.9 Å². The number of nitrogens with zero attached hydrogens (tertiary/aromatic N) is 2. The van der Waals surface area contributed by atoms with Crippen LogP contribution in [0, 0.1) is 13.8 Å². The molecule has 0 saturated heterocycles. The van der Waals surface area contributed by atoms with Crippen molar-refractivity contribution in [2.24, 2.45) is 0 Å². The van der Waals surface area contributed by atoms with Gasteiger partial charge in [-0.1, -0.05) is 19.8 Å². The molecule has 0 radical (unpaired) electrons. The molecule has 1 unspecified atom stereocenters. The highest BCUT2D eigenvalue weighted by Gasteiger charge is 2.22. The van der Waals surface area contributed by atoms with Crippen molar-refractivity contribution in [1.29, 1.82) is 0 Å². The molecule has 0 saturated carbocycles. The molecule has 0 aromatic carbocycles. The van der Waals surface area contributed by atoms with Crippen molar-refractivity contribution in [3.05, 3.63) is 17.5 Å². The number of unbranched alkanes of at least 4 members (excludes halogenated alkanes) is 1. The molecule has 0 aliphatic rings. The van der Waals surface area contributed by atoms with Gasteiger partial charge in [0.2, 0.25) is 0 Å². The number of carbonyl (C=O) groups excluding carboxylic acids is 1. The summed E-state index contributed by atoms with van der Waals surface area (Å²) in [5, 5.41) is 4.35. The van der Waals surface area contributed by atoms with Crippen LogP contribution in [-0.2, 0) is 9.53 Å². The average molecular weight is 224 g/mol. The highest BCUT2D eigenvalue weighted by Crippen LogP contribution is 2.19. The van der Waals surface area contributed by atoms with Gasteiger partial charge in [0.15, 0.2) is 0 Å². The first-order chi connectivity index (χ1) is 7.60. The Balaban J connectivity index is 2.91. The van der Waals surface area contributed by atoms with E-state index in [-0.39, 0.29) is 12.0 Å². The van der Waals surface area contributed by atoms with Gasteiger partial charge >= 0.3 is 5.97 Å². The van der Waals surface area contributed by atoms with Crippen LogP contribution in [0.1, 0.15) is 43.6 Å². The number of aromatic nitrogens is 2. The molecule has 1 heterocycles. The van der Waals surface area contributed by atoms with Gasteiger partial charge < -0.3 is 4.74 Å². The molecule has 1 aromatic rings. The van der Waals surface area contributed by atoms with Gasteiger partial charge in [-0.2, -0.15) is 5.10 Å². The predicted octanol–water partition coefficient (Wildman–Crippen LogP) is 2.40. The maximum Gasteiger partial charge on any atom is 0.330 e. The molecule has 0 fully saturated rings. The molecule has 1 atom stereocenters. The maximum atomic E-state index is 11.7. The lowest BCUT2D eigenvalue weighted by Crippen LogP contribution is -2.23. The van der Waals surface area contributed by atoms with E-state index in [0.717, 1.165) is 30.7 Å². The highest BCUT2D eigenvalue weighted by molar-refractivity contribution is 5.74. The summed E-state index contributed by atoms with van der Waals surface area (Å²) in [5.74, 6) is -0.209. The lowest BCUT2D eigenvalue weighted by atomic mass is 10.1. The summed E-state index contributed by atoms with van der Waals surface area (Å²) >= 11 is 0. The third-order valence-electron chi connectivity index (χ3n) is 2.64. The lowest BCUT2D eigenvalue weighted by molar-refractivity contribution is -0.145. The quantitative estimate of drug-likeness (QED) is 0.721. The van der Waals surface area contributed by atoms with Crippen molar-refractivity contribution in [2.45, 2.75) is 46.1 Å². The first kappa shape index (κ1) is 12.7. The monoisotopic (exact) mass is 224 g/mol.